The number of hydrogen-bond acceptors (Lipinski definition) is 3. The molecule has 3 aromatic rings. The zero-order valence-electron chi connectivity index (χ0n) is 14.8. The highest BCUT2D eigenvalue weighted by molar-refractivity contribution is 7.20. The number of aromatic nitrogens is 2. The van der Waals surface area contributed by atoms with Crippen LogP contribution in [0.2, 0.25) is 0 Å². The van der Waals surface area contributed by atoms with E-state index in [2.05, 4.69) is 24.3 Å². The molecule has 0 aliphatic rings. The predicted octanol–water partition coefficient (Wildman–Crippen LogP) is 4.69. The molecule has 6 heteroatoms. The Morgan fingerprint density at radius 1 is 1.28 bits per heavy atom. The fourth-order valence-corrected chi connectivity index (χ4v) is 3.87. The minimum absolute atomic E-state index is 0.117. The minimum atomic E-state index is -0.281. The average molecular weight is 359 g/mol. The molecular weight excluding hydrogens is 337 g/mol. The van der Waals surface area contributed by atoms with Crippen molar-refractivity contribution in [2.24, 2.45) is 5.92 Å². The van der Waals surface area contributed by atoms with Crippen LogP contribution in [0.5, 0.6) is 0 Å². The number of fused-ring (bicyclic) bond motifs is 1. The van der Waals surface area contributed by atoms with Crippen LogP contribution < -0.4 is 5.32 Å². The number of carbonyl (C=O) groups is 1. The molecule has 0 aliphatic carbocycles. The molecule has 25 heavy (non-hydrogen) atoms. The van der Waals surface area contributed by atoms with Gasteiger partial charge in [0.05, 0.1) is 16.6 Å². The van der Waals surface area contributed by atoms with Gasteiger partial charge in [-0.05, 0) is 43.5 Å². The van der Waals surface area contributed by atoms with Gasteiger partial charge in [-0.15, -0.1) is 11.3 Å². The van der Waals surface area contributed by atoms with E-state index in [0.29, 0.717) is 10.8 Å². The summed E-state index contributed by atoms with van der Waals surface area (Å²) in [5, 5.41) is 8.58. The van der Waals surface area contributed by atoms with E-state index in [1.807, 2.05) is 24.6 Å². The Morgan fingerprint density at radius 2 is 1.96 bits per heavy atom. The number of benzene rings is 1. The molecule has 0 spiro atoms. The number of aryl methyl sites for hydroxylation is 1. The maximum absolute atomic E-state index is 13.0. The Kier molecular flexibility index (Phi) is 4.90. The second-order valence-corrected chi connectivity index (χ2v) is 7.77. The van der Waals surface area contributed by atoms with Gasteiger partial charge in [0.15, 0.2) is 0 Å². The van der Waals surface area contributed by atoms with E-state index < -0.39 is 0 Å². The SMILES string of the molecule is Cc1nn(CC(C)C)c2sc(C(=O)N[C@@H](C)c3ccc(F)cc3)cc12. The van der Waals surface area contributed by atoms with E-state index in [1.165, 1.54) is 23.5 Å². The van der Waals surface area contributed by atoms with Crippen molar-refractivity contribution in [2.75, 3.05) is 0 Å². The monoisotopic (exact) mass is 359 g/mol. The van der Waals surface area contributed by atoms with Gasteiger partial charge in [-0.2, -0.15) is 5.10 Å². The summed E-state index contributed by atoms with van der Waals surface area (Å²) in [4.78, 5) is 14.3. The third-order valence-corrected chi connectivity index (χ3v) is 5.23. The summed E-state index contributed by atoms with van der Waals surface area (Å²) in [6.07, 6.45) is 0. The maximum atomic E-state index is 13.0. The van der Waals surface area contributed by atoms with Crippen molar-refractivity contribution in [1.29, 1.82) is 0 Å². The summed E-state index contributed by atoms with van der Waals surface area (Å²) in [6, 6.07) is 7.91. The molecule has 132 valence electrons. The molecule has 2 heterocycles. The first-order valence-electron chi connectivity index (χ1n) is 8.38. The predicted molar refractivity (Wildman–Crippen MR) is 99.5 cm³/mol. The molecule has 3 rings (SSSR count). The molecule has 1 amide bonds. The Bertz CT molecular complexity index is 895. The van der Waals surface area contributed by atoms with E-state index >= 15 is 0 Å². The molecule has 1 aromatic carbocycles. The fourth-order valence-electron chi connectivity index (χ4n) is 2.80. The number of hydrogen-bond donors (Lipinski definition) is 1. The van der Waals surface area contributed by atoms with Crippen LogP contribution in [0.3, 0.4) is 0 Å². The number of nitrogens with zero attached hydrogens (tertiary/aromatic N) is 2. The molecule has 2 aromatic heterocycles. The number of thiophene rings is 1. The van der Waals surface area contributed by atoms with Gasteiger partial charge < -0.3 is 5.32 Å². The lowest BCUT2D eigenvalue weighted by atomic mass is 10.1. The number of carbonyl (C=O) groups excluding carboxylic acids is 1. The maximum Gasteiger partial charge on any atom is 0.261 e. The Labute approximate surface area is 150 Å². The molecule has 0 unspecified atom stereocenters. The van der Waals surface area contributed by atoms with Gasteiger partial charge in [-0.1, -0.05) is 26.0 Å². The normalized spacial score (nSPS) is 12.7. The largest absolute Gasteiger partial charge is 0.345 e. The van der Waals surface area contributed by atoms with Crippen LogP contribution >= 0.6 is 11.3 Å². The van der Waals surface area contributed by atoms with Crippen molar-refractivity contribution in [3.63, 3.8) is 0 Å². The van der Waals surface area contributed by atoms with E-state index in [4.69, 9.17) is 0 Å². The molecule has 1 N–H and O–H groups in total. The lowest BCUT2D eigenvalue weighted by Gasteiger charge is -2.13. The second-order valence-electron chi connectivity index (χ2n) is 6.74. The number of halogens is 1. The van der Waals surface area contributed by atoms with Crippen LogP contribution in [0.15, 0.2) is 30.3 Å². The molecule has 0 aliphatic heterocycles. The zero-order valence-corrected chi connectivity index (χ0v) is 15.7. The highest BCUT2D eigenvalue weighted by Gasteiger charge is 2.18. The van der Waals surface area contributed by atoms with Gasteiger partial charge in [-0.3, -0.25) is 9.48 Å². The second kappa shape index (κ2) is 6.96. The molecule has 0 saturated heterocycles. The summed E-state index contributed by atoms with van der Waals surface area (Å²) in [5.41, 5.74) is 1.82. The molecular formula is C19H22FN3OS. The molecule has 0 radical (unpaired) electrons. The van der Waals surface area contributed by atoms with Crippen molar-refractivity contribution in [1.82, 2.24) is 15.1 Å². The highest BCUT2D eigenvalue weighted by atomic mass is 32.1. The first-order valence-corrected chi connectivity index (χ1v) is 9.20. The van der Waals surface area contributed by atoms with Crippen LogP contribution in [-0.2, 0) is 6.54 Å². The third kappa shape index (κ3) is 3.74. The summed E-state index contributed by atoms with van der Waals surface area (Å²) in [5.74, 6) is 0.0888. The van der Waals surface area contributed by atoms with Gasteiger partial charge in [-0.25, -0.2) is 4.39 Å². The summed E-state index contributed by atoms with van der Waals surface area (Å²) in [6.45, 7) is 8.99. The molecule has 4 nitrogen and oxygen atoms in total. The highest BCUT2D eigenvalue weighted by Crippen LogP contribution is 2.29. The molecule has 1 atom stereocenters. The fraction of sp³-hybridized carbons (Fsp3) is 0.368. The minimum Gasteiger partial charge on any atom is -0.345 e. The van der Waals surface area contributed by atoms with E-state index in [9.17, 15) is 9.18 Å². The van der Waals surface area contributed by atoms with Gasteiger partial charge >= 0.3 is 0 Å². The number of nitrogens with one attached hydrogen (secondary N) is 1. The molecule has 0 fully saturated rings. The van der Waals surface area contributed by atoms with Crippen molar-refractivity contribution in [3.8, 4) is 0 Å². The van der Waals surface area contributed by atoms with Crippen LogP contribution in [-0.4, -0.2) is 15.7 Å². The summed E-state index contributed by atoms with van der Waals surface area (Å²) in [7, 11) is 0. The first-order chi connectivity index (χ1) is 11.8. The van der Waals surface area contributed by atoms with E-state index in [-0.39, 0.29) is 17.8 Å². The quantitative estimate of drug-likeness (QED) is 0.718. The topological polar surface area (TPSA) is 46.9 Å². The van der Waals surface area contributed by atoms with Crippen LogP contribution in [0, 0.1) is 18.7 Å². The van der Waals surface area contributed by atoms with Crippen LogP contribution in [0.1, 0.15) is 47.7 Å². The number of amides is 1. The van der Waals surface area contributed by atoms with Gasteiger partial charge in [0.25, 0.3) is 5.91 Å². The van der Waals surface area contributed by atoms with E-state index in [1.54, 1.807) is 12.1 Å². The standard InChI is InChI=1S/C19H22FN3OS/c1-11(2)10-23-19-16(13(4)22-23)9-17(25-19)18(24)21-12(3)14-5-7-15(20)8-6-14/h5-9,11-12H,10H2,1-4H3,(H,21,24)/t12-/m0/s1. The van der Waals surface area contributed by atoms with Crippen LogP contribution in [0.4, 0.5) is 4.39 Å². The van der Waals surface area contributed by atoms with Gasteiger partial charge in [0.1, 0.15) is 10.6 Å². The van der Waals surface area contributed by atoms with E-state index in [0.717, 1.165) is 28.0 Å². The van der Waals surface area contributed by atoms with Crippen molar-refractivity contribution < 1.29 is 9.18 Å². The zero-order chi connectivity index (χ0) is 18.1. The summed E-state index contributed by atoms with van der Waals surface area (Å²) < 4.78 is 15.0. The molecule has 0 saturated carbocycles. The summed E-state index contributed by atoms with van der Waals surface area (Å²) >= 11 is 1.46. The Balaban J connectivity index is 1.81. The lowest BCUT2D eigenvalue weighted by Crippen LogP contribution is -2.25. The average Bonchev–Trinajstić information content (AvgIpc) is 3.09. The smallest absolute Gasteiger partial charge is 0.261 e. The molecule has 0 bridgehead atoms. The van der Waals surface area contributed by atoms with Crippen molar-refractivity contribution in [3.05, 3.63) is 52.3 Å². The third-order valence-electron chi connectivity index (χ3n) is 4.09. The Morgan fingerprint density at radius 3 is 2.60 bits per heavy atom. The lowest BCUT2D eigenvalue weighted by molar-refractivity contribution is 0.0944. The first kappa shape index (κ1) is 17.6. The Hall–Kier alpha value is -2.21. The number of rotatable bonds is 5. The van der Waals surface area contributed by atoms with Crippen molar-refractivity contribution in [2.45, 2.75) is 40.3 Å². The van der Waals surface area contributed by atoms with Gasteiger partial charge in [0.2, 0.25) is 0 Å². The van der Waals surface area contributed by atoms with Gasteiger partial charge in [0, 0.05) is 11.9 Å². The van der Waals surface area contributed by atoms with Crippen LogP contribution in [0.25, 0.3) is 10.2 Å². The van der Waals surface area contributed by atoms with Crippen molar-refractivity contribution >= 4 is 27.5 Å².